The van der Waals surface area contributed by atoms with Crippen LogP contribution in [0.3, 0.4) is 0 Å². The van der Waals surface area contributed by atoms with Crippen LogP contribution in [0.2, 0.25) is 0 Å². The summed E-state index contributed by atoms with van der Waals surface area (Å²) >= 11 is 0. The second-order valence-corrected chi connectivity index (χ2v) is 12.0. The van der Waals surface area contributed by atoms with E-state index in [-0.39, 0.29) is 18.1 Å². The highest BCUT2D eigenvalue weighted by Crippen LogP contribution is 2.27. The quantitative estimate of drug-likeness (QED) is 0.0817. The van der Waals surface area contributed by atoms with Gasteiger partial charge in [-0.3, -0.25) is 9.59 Å². The normalized spacial score (nSPS) is 11.0. The summed E-state index contributed by atoms with van der Waals surface area (Å²) in [7, 11) is 0. The van der Waals surface area contributed by atoms with Gasteiger partial charge in [0.25, 0.3) is 0 Å². The molecule has 0 aliphatic heterocycles. The van der Waals surface area contributed by atoms with Gasteiger partial charge in [0, 0.05) is 22.8 Å². The van der Waals surface area contributed by atoms with Gasteiger partial charge in [-0.25, -0.2) is 4.57 Å². The van der Waals surface area contributed by atoms with Gasteiger partial charge in [-0.15, -0.1) is 0 Å². The molecule has 0 atom stereocenters. The molecule has 3 rings (SSSR count). The number of hydrogen-bond donors (Lipinski definition) is 1. The summed E-state index contributed by atoms with van der Waals surface area (Å²) in [5.74, 6) is 0.364. The molecule has 232 valence electrons. The Kier molecular flexibility index (Phi) is 15.0. The van der Waals surface area contributed by atoms with Gasteiger partial charge in [0.15, 0.2) is 24.7 Å². The summed E-state index contributed by atoms with van der Waals surface area (Å²) < 4.78 is 8.32. The van der Waals surface area contributed by atoms with Crippen molar-refractivity contribution in [1.82, 2.24) is 0 Å². The number of Topliss-reactive ketones (excluding diaryl/α,β-unsaturated/α-hetero) is 1. The standard InChI is InChI=1S/C38H52N2O3/c1-5-6-7-8-9-10-11-12-13-14-15-18-26-43-38-33(21-19-22-35(38)32(4)41)27-37(42)39-36-23-17-16-20-34(36)29-40-25-24-30(2)31(3)28-40/h16-17,19-25,28H,5-15,18,26-27,29H2,1-4H3/p+1. The molecule has 1 aromatic heterocycles. The molecule has 5 nitrogen and oxygen atoms in total. The molecular formula is C38H53N2O3+. The molecule has 1 amide bonds. The minimum Gasteiger partial charge on any atom is -0.493 e. The number of carbonyl (C=O) groups is 2. The first-order chi connectivity index (χ1) is 20.9. The zero-order valence-corrected chi connectivity index (χ0v) is 27.1. The third-order valence-electron chi connectivity index (χ3n) is 8.21. The van der Waals surface area contributed by atoms with Crippen molar-refractivity contribution in [1.29, 1.82) is 0 Å². The molecule has 0 aliphatic carbocycles. The van der Waals surface area contributed by atoms with Gasteiger partial charge in [0.05, 0.1) is 24.3 Å². The molecule has 0 spiro atoms. The minimum absolute atomic E-state index is 0.0530. The summed E-state index contributed by atoms with van der Waals surface area (Å²) in [5, 5.41) is 3.11. The van der Waals surface area contributed by atoms with E-state index in [0.29, 0.717) is 24.5 Å². The van der Waals surface area contributed by atoms with E-state index in [4.69, 9.17) is 4.74 Å². The van der Waals surface area contributed by atoms with Crippen molar-refractivity contribution in [3.05, 3.63) is 88.7 Å². The number of carbonyl (C=O) groups excluding carboxylic acids is 2. The maximum absolute atomic E-state index is 13.2. The van der Waals surface area contributed by atoms with Crippen molar-refractivity contribution in [3.63, 3.8) is 0 Å². The van der Waals surface area contributed by atoms with Crippen molar-refractivity contribution in [3.8, 4) is 5.75 Å². The summed E-state index contributed by atoms with van der Waals surface area (Å²) in [5.41, 5.74) is 5.58. The first kappa shape index (κ1) is 34.0. The van der Waals surface area contributed by atoms with Crippen LogP contribution >= 0.6 is 0 Å². The summed E-state index contributed by atoms with van der Waals surface area (Å²) in [6, 6.07) is 15.5. The molecule has 1 N–H and O–H groups in total. The van der Waals surface area contributed by atoms with Gasteiger partial charge in [-0.1, -0.05) is 108 Å². The molecule has 0 aliphatic rings. The van der Waals surface area contributed by atoms with Crippen LogP contribution in [0, 0.1) is 13.8 Å². The molecule has 2 aromatic carbocycles. The highest BCUT2D eigenvalue weighted by molar-refractivity contribution is 5.98. The Morgan fingerprint density at radius 2 is 1.37 bits per heavy atom. The fraction of sp³-hybridized carbons (Fsp3) is 0.500. The molecule has 0 fully saturated rings. The number of anilines is 1. The van der Waals surface area contributed by atoms with Crippen LogP contribution in [0.5, 0.6) is 5.75 Å². The van der Waals surface area contributed by atoms with Gasteiger partial charge in [-0.05, 0) is 44.9 Å². The van der Waals surface area contributed by atoms with Gasteiger partial charge < -0.3 is 10.1 Å². The summed E-state index contributed by atoms with van der Waals surface area (Å²) in [6.45, 7) is 9.23. The van der Waals surface area contributed by atoms with E-state index in [0.717, 1.165) is 29.7 Å². The molecule has 3 aromatic rings. The maximum Gasteiger partial charge on any atom is 0.228 e. The Morgan fingerprint density at radius 3 is 2.02 bits per heavy atom. The number of aromatic nitrogens is 1. The van der Waals surface area contributed by atoms with Crippen LogP contribution in [0.25, 0.3) is 0 Å². The topological polar surface area (TPSA) is 59.3 Å². The Hall–Kier alpha value is -3.47. The third kappa shape index (κ3) is 12.0. The summed E-state index contributed by atoms with van der Waals surface area (Å²) in [4.78, 5) is 25.7. The van der Waals surface area contributed by atoms with Gasteiger partial charge in [-0.2, -0.15) is 0 Å². The number of hydrogen-bond acceptors (Lipinski definition) is 3. The fourth-order valence-corrected chi connectivity index (χ4v) is 5.46. The van der Waals surface area contributed by atoms with Gasteiger partial charge in [0.2, 0.25) is 5.91 Å². The lowest BCUT2D eigenvalue weighted by atomic mass is 10.0. The Balaban J connectivity index is 1.50. The number of pyridine rings is 1. The van der Waals surface area contributed by atoms with Crippen molar-refractivity contribution >= 4 is 17.4 Å². The average Bonchev–Trinajstić information content (AvgIpc) is 2.98. The number of ketones is 1. The maximum atomic E-state index is 13.2. The number of nitrogens with zero attached hydrogens (tertiary/aromatic N) is 1. The predicted octanol–water partition coefficient (Wildman–Crippen LogP) is 9.10. The first-order valence-electron chi connectivity index (χ1n) is 16.5. The van der Waals surface area contributed by atoms with Crippen LogP contribution in [-0.2, 0) is 17.8 Å². The molecule has 43 heavy (non-hydrogen) atoms. The molecule has 0 saturated carbocycles. The van der Waals surface area contributed by atoms with Crippen LogP contribution < -0.4 is 14.6 Å². The van der Waals surface area contributed by atoms with E-state index in [2.05, 4.69) is 49.1 Å². The van der Waals surface area contributed by atoms with Crippen LogP contribution in [0.1, 0.15) is 124 Å². The third-order valence-corrected chi connectivity index (χ3v) is 8.21. The van der Waals surface area contributed by atoms with E-state index in [1.54, 1.807) is 13.0 Å². The van der Waals surface area contributed by atoms with Crippen molar-refractivity contribution in [2.45, 2.75) is 118 Å². The number of amides is 1. The smallest absolute Gasteiger partial charge is 0.228 e. The number of rotatable bonds is 20. The minimum atomic E-state index is -0.131. The lowest BCUT2D eigenvalue weighted by Crippen LogP contribution is -2.34. The fourth-order valence-electron chi connectivity index (χ4n) is 5.46. The molecule has 0 bridgehead atoms. The number of nitrogens with one attached hydrogen (secondary N) is 1. The highest BCUT2D eigenvalue weighted by Gasteiger charge is 2.17. The van der Waals surface area contributed by atoms with E-state index >= 15 is 0 Å². The molecular weight excluding hydrogens is 532 g/mol. The number of ether oxygens (including phenoxy) is 1. The SMILES string of the molecule is CCCCCCCCCCCCCCOc1c(CC(=O)Nc2ccccc2C[n+]2ccc(C)c(C)c2)cccc1C(C)=O. The largest absolute Gasteiger partial charge is 0.493 e. The van der Waals surface area contributed by atoms with Crippen LogP contribution in [-0.4, -0.2) is 18.3 Å². The van der Waals surface area contributed by atoms with Gasteiger partial charge in [0.1, 0.15) is 5.75 Å². The summed E-state index contributed by atoms with van der Waals surface area (Å²) in [6.07, 6.45) is 19.7. The Labute approximate surface area is 260 Å². The van der Waals surface area contributed by atoms with Crippen LogP contribution in [0.15, 0.2) is 60.9 Å². The van der Waals surface area contributed by atoms with E-state index < -0.39 is 0 Å². The Morgan fingerprint density at radius 1 is 0.744 bits per heavy atom. The number of benzene rings is 2. The zero-order chi connectivity index (χ0) is 30.9. The Bertz CT molecular complexity index is 1300. The average molecular weight is 586 g/mol. The van der Waals surface area contributed by atoms with Crippen molar-refractivity contribution in [2.75, 3.05) is 11.9 Å². The number of aryl methyl sites for hydroxylation is 2. The van der Waals surface area contributed by atoms with Crippen molar-refractivity contribution < 1.29 is 18.9 Å². The lowest BCUT2D eigenvalue weighted by Gasteiger charge is -2.15. The van der Waals surface area contributed by atoms with E-state index in [1.807, 2.05) is 36.4 Å². The monoisotopic (exact) mass is 585 g/mol. The molecule has 0 unspecified atom stereocenters. The number of para-hydroxylation sites is 2. The molecule has 5 heteroatoms. The molecule has 0 saturated heterocycles. The second-order valence-electron chi connectivity index (χ2n) is 12.0. The molecule has 0 radical (unpaired) electrons. The highest BCUT2D eigenvalue weighted by atomic mass is 16.5. The second kappa shape index (κ2) is 18.9. The predicted molar refractivity (Wildman–Crippen MR) is 177 cm³/mol. The lowest BCUT2D eigenvalue weighted by molar-refractivity contribution is -0.688. The van der Waals surface area contributed by atoms with E-state index in [9.17, 15) is 9.59 Å². The zero-order valence-electron chi connectivity index (χ0n) is 27.1. The number of unbranched alkanes of at least 4 members (excludes halogenated alkanes) is 11. The van der Waals surface area contributed by atoms with E-state index in [1.165, 1.54) is 75.3 Å². The van der Waals surface area contributed by atoms with Crippen molar-refractivity contribution in [2.24, 2.45) is 0 Å². The first-order valence-corrected chi connectivity index (χ1v) is 16.5. The van der Waals surface area contributed by atoms with Gasteiger partial charge >= 0.3 is 0 Å². The van der Waals surface area contributed by atoms with Crippen LogP contribution in [0.4, 0.5) is 5.69 Å². The molecule has 1 heterocycles.